The highest BCUT2D eigenvalue weighted by Crippen LogP contribution is 2.45. The summed E-state index contributed by atoms with van der Waals surface area (Å²) in [5, 5.41) is 0. The fraction of sp³-hybridized carbons (Fsp3) is 0.161. The average Bonchev–Trinajstić information content (AvgIpc) is 2.91. The van der Waals surface area contributed by atoms with Crippen LogP contribution >= 0.6 is 23.5 Å². The van der Waals surface area contributed by atoms with Gasteiger partial charge in [0, 0.05) is 41.8 Å². The largest absolute Gasteiger partial charge is 0.497 e. The number of methoxy groups -OCH3 is 1. The molecule has 9 heteroatoms. The van der Waals surface area contributed by atoms with E-state index in [1.54, 1.807) is 18.2 Å². The molecule has 4 nitrogen and oxygen atoms in total. The predicted molar refractivity (Wildman–Crippen MR) is 148 cm³/mol. The summed E-state index contributed by atoms with van der Waals surface area (Å²) in [5.74, 6) is -0.0137. The second kappa shape index (κ2) is 11.1. The Labute approximate surface area is 237 Å². The topological polar surface area (TPSA) is 52.6 Å². The van der Waals surface area contributed by atoms with E-state index in [9.17, 15) is 22.8 Å². The van der Waals surface area contributed by atoms with Crippen LogP contribution in [0.3, 0.4) is 0 Å². The molecule has 0 aliphatic heterocycles. The molecule has 0 N–H and O–H groups in total. The Bertz CT molecular complexity index is 1650. The van der Waals surface area contributed by atoms with E-state index in [0.717, 1.165) is 34.4 Å². The summed E-state index contributed by atoms with van der Waals surface area (Å²) in [5.41, 5.74) is 0.961. The van der Waals surface area contributed by atoms with Crippen LogP contribution in [-0.4, -0.2) is 25.3 Å². The zero-order valence-electron chi connectivity index (χ0n) is 21.7. The Kier molecular flexibility index (Phi) is 7.70. The van der Waals surface area contributed by atoms with Crippen molar-refractivity contribution in [2.75, 3.05) is 13.7 Å². The van der Waals surface area contributed by atoms with Gasteiger partial charge >= 0.3 is 6.18 Å². The second-order valence-corrected chi connectivity index (χ2v) is 11.3. The van der Waals surface area contributed by atoms with Crippen molar-refractivity contribution >= 4 is 35.1 Å². The molecule has 40 heavy (non-hydrogen) atoms. The van der Waals surface area contributed by atoms with E-state index in [1.807, 2.05) is 38.1 Å². The summed E-state index contributed by atoms with van der Waals surface area (Å²) < 4.78 is 51.2. The first kappa shape index (κ1) is 27.9. The molecular weight excluding hydrogens is 557 g/mol. The highest BCUT2D eigenvalue weighted by molar-refractivity contribution is 7.99. The van der Waals surface area contributed by atoms with Crippen LogP contribution in [0.4, 0.5) is 13.2 Å². The second-order valence-electron chi connectivity index (χ2n) is 9.03. The third-order valence-corrected chi connectivity index (χ3v) is 8.31. The van der Waals surface area contributed by atoms with E-state index >= 15 is 0 Å². The number of hydrogen-bond acceptors (Lipinski definition) is 6. The zero-order valence-corrected chi connectivity index (χ0v) is 23.4. The molecule has 204 valence electrons. The van der Waals surface area contributed by atoms with E-state index in [0.29, 0.717) is 27.9 Å². The molecule has 5 rings (SSSR count). The molecule has 0 radical (unpaired) electrons. The number of ether oxygens (including phenoxy) is 2. The zero-order chi connectivity index (χ0) is 28.6. The Morgan fingerprint density at radius 2 is 1.30 bits per heavy atom. The fourth-order valence-electron chi connectivity index (χ4n) is 4.47. The lowest BCUT2D eigenvalue weighted by Gasteiger charge is -2.24. The van der Waals surface area contributed by atoms with Gasteiger partial charge in [-0.05, 0) is 68.4 Å². The van der Waals surface area contributed by atoms with E-state index in [-0.39, 0.29) is 32.9 Å². The van der Waals surface area contributed by atoms with Crippen molar-refractivity contribution in [1.29, 1.82) is 0 Å². The highest BCUT2D eigenvalue weighted by atomic mass is 32.2. The Hall–Kier alpha value is -3.69. The average molecular weight is 581 g/mol. The molecule has 0 fully saturated rings. The Balaban J connectivity index is 1.66. The van der Waals surface area contributed by atoms with Crippen LogP contribution in [0.2, 0.25) is 0 Å². The molecule has 0 heterocycles. The molecule has 0 saturated heterocycles. The van der Waals surface area contributed by atoms with Gasteiger partial charge in [-0.15, -0.1) is 0 Å². The quantitative estimate of drug-likeness (QED) is 0.192. The molecule has 0 atom stereocenters. The van der Waals surface area contributed by atoms with E-state index in [1.165, 1.54) is 37.1 Å². The number of carbonyl (C=O) groups excluding carboxylic acids is 2. The molecule has 0 aromatic heterocycles. The summed E-state index contributed by atoms with van der Waals surface area (Å²) >= 11 is 2.34. The van der Waals surface area contributed by atoms with E-state index in [2.05, 4.69) is 0 Å². The molecule has 4 aromatic rings. The van der Waals surface area contributed by atoms with Crippen LogP contribution in [0, 0.1) is 6.92 Å². The maximum atomic E-state index is 14.1. The number of aryl methyl sites for hydroxylation is 1. The number of alkyl halides is 3. The third-order valence-electron chi connectivity index (χ3n) is 6.25. The summed E-state index contributed by atoms with van der Waals surface area (Å²) in [4.78, 5) is 30.2. The summed E-state index contributed by atoms with van der Waals surface area (Å²) in [6, 6.07) is 19.0. The van der Waals surface area contributed by atoms with Crippen molar-refractivity contribution in [2.24, 2.45) is 0 Å². The molecule has 0 bridgehead atoms. The smallest absolute Gasteiger partial charge is 0.416 e. The standard InChI is InChI=1S/C31H23F3O4S2/c1-4-38-20-14-24-28(26(16-20)39-21-9-5-7-17(2)11-21)29(35)23-13-19(37-3)15-25(27(23)30(24)36)40-22-10-6-8-18(12-22)31(32,33)34/h5-16H,4H2,1-3H3. The van der Waals surface area contributed by atoms with Gasteiger partial charge in [0.15, 0.2) is 11.6 Å². The molecule has 4 aromatic carbocycles. The first-order chi connectivity index (χ1) is 19.1. The number of halogens is 3. The van der Waals surface area contributed by atoms with Crippen LogP contribution in [0.25, 0.3) is 0 Å². The Morgan fingerprint density at radius 3 is 1.85 bits per heavy atom. The van der Waals surface area contributed by atoms with Gasteiger partial charge in [-0.3, -0.25) is 9.59 Å². The summed E-state index contributed by atoms with van der Waals surface area (Å²) in [7, 11) is 1.43. The Morgan fingerprint density at radius 1 is 0.750 bits per heavy atom. The van der Waals surface area contributed by atoms with Crippen molar-refractivity contribution in [3.8, 4) is 11.5 Å². The molecule has 0 spiro atoms. The van der Waals surface area contributed by atoms with Crippen molar-refractivity contribution in [3.05, 3.63) is 106 Å². The van der Waals surface area contributed by atoms with E-state index in [4.69, 9.17) is 9.47 Å². The first-order valence-electron chi connectivity index (χ1n) is 12.3. The minimum absolute atomic E-state index is 0.126. The van der Waals surface area contributed by atoms with Gasteiger partial charge in [0.2, 0.25) is 0 Å². The number of ketones is 2. The van der Waals surface area contributed by atoms with Crippen LogP contribution in [-0.2, 0) is 6.18 Å². The molecule has 1 aliphatic rings. The van der Waals surface area contributed by atoms with Crippen LogP contribution in [0.15, 0.2) is 92.4 Å². The number of fused-ring (bicyclic) bond motifs is 2. The summed E-state index contributed by atoms with van der Waals surface area (Å²) in [6.45, 7) is 4.15. The lowest BCUT2D eigenvalue weighted by atomic mass is 9.83. The van der Waals surface area contributed by atoms with Crippen LogP contribution in [0.5, 0.6) is 11.5 Å². The highest BCUT2D eigenvalue weighted by Gasteiger charge is 2.36. The minimum atomic E-state index is -4.52. The number of carbonyl (C=O) groups is 2. The van der Waals surface area contributed by atoms with Gasteiger partial charge in [0.25, 0.3) is 0 Å². The van der Waals surface area contributed by atoms with Gasteiger partial charge in [-0.1, -0.05) is 47.3 Å². The first-order valence-corrected chi connectivity index (χ1v) is 13.9. The van der Waals surface area contributed by atoms with Gasteiger partial charge in [0.1, 0.15) is 11.5 Å². The van der Waals surface area contributed by atoms with Gasteiger partial charge < -0.3 is 9.47 Å². The number of hydrogen-bond donors (Lipinski definition) is 0. The van der Waals surface area contributed by atoms with Crippen LogP contribution in [0.1, 0.15) is 49.9 Å². The third kappa shape index (κ3) is 5.48. The van der Waals surface area contributed by atoms with E-state index < -0.39 is 17.5 Å². The lowest BCUT2D eigenvalue weighted by Crippen LogP contribution is -2.23. The monoisotopic (exact) mass is 580 g/mol. The number of rotatable bonds is 7. The maximum Gasteiger partial charge on any atom is 0.416 e. The summed E-state index contributed by atoms with van der Waals surface area (Å²) in [6.07, 6.45) is -4.52. The minimum Gasteiger partial charge on any atom is -0.497 e. The molecule has 0 saturated carbocycles. The molecule has 0 unspecified atom stereocenters. The lowest BCUT2D eigenvalue weighted by molar-refractivity contribution is -0.137. The molecule has 1 aliphatic carbocycles. The SMILES string of the molecule is CCOc1cc(Sc2cccc(C)c2)c2c(c1)C(=O)c1c(Sc3cccc(C(F)(F)F)c3)cc(OC)cc1C2=O. The van der Waals surface area contributed by atoms with Crippen molar-refractivity contribution in [2.45, 2.75) is 39.6 Å². The van der Waals surface area contributed by atoms with Crippen molar-refractivity contribution < 1.29 is 32.2 Å². The number of benzene rings is 4. The predicted octanol–water partition coefficient (Wildman–Crippen LogP) is 8.50. The van der Waals surface area contributed by atoms with Crippen molar-refractivity contribution in [3.63, 3.8) is 0 Å². The molecular formula is C31H23F3O4S2. The maximum absolute atomic E-state index is 14.1. The van der Waals surface area contributed by atoms with Crippen LogP contribution < -0.4 is 9.47 Å². The van der Waals surface area contributed by atoms with Crippen molar-refractivity contribution in [1.82, 2.24) is 0 Å². The normalized spacial score (nSPS) is 12.7. The van der Waals surface area contributed by atoms with Gasteiger partial charge in [-0.25, -0.2) is 0 Å². The van der Waals surface area contributed by atoms with Gasteiger partial charge in [-0.2, -0.15) is 13.2 Å². The fourth-order valence-corrected chi connectivity index (χ4v) is 6.67. The molecule has 0 amide bonds. The van der Waals surface area contributed by atoms with Gasteiger partial charge in [0.05, 0.1) is 19.3 Å².